The van der Waals surface area contributed by atoms with Crippen molar-refractivity contribution < 1.29 is 9.53 Å². The van der Waals surface area contributed by atoms with Crippen molar-refractivity contribution in [3.05, 3.63) is 22.4 Å². The van der Waals surface area contributed by atoms with Gasteiger partial charge < -0.3 is 25.6 Å². The van der Waals surface area contributed by atoms with Crippen molar-refractivity contribution in [2.24, 2.45) is 4.99 Å². The largest absolute Gasteiger partial charge is 0.385 e. The number of methoxy groups -OCH3 is 1. The highest BCUT2D eigenvalue weighted by Gasteiger charge is 2.04. The van der Waals surface area contributed by atoms with E-state index in [1.165, 1.54) is 11.3 Å². The maximum absolute atomic E-state index is 11.8. The number of likely N-dealkylation sites (N-methyl/N-ethyl adjacent to an activating group) is 1. The maximum atomic E-state index is 11.8. The number of nitrogens with zero attached hydrogens (tertiary/aromatic N) is 2. The van der Waals surface area contributed by atoms with Crippen molar-refractivity contribution >= 4 is 23.2 Å². The molecule has 0 aliphatic heterocycles. The predicted molar refractivity (Wildman–Crippen MR) is 109 cm³/mol. The summed E-state index contributed by atoms with van der Waals surface area (Å²) in [5.41, 5.74) is 0. The van der Waals surface area contributed by atoms with Gasteiger partial charge in [0.25, 0.3) is 5.91 Å². The van der Waals surface area contributed by atoms with Gasteiger partial charge in [0.05, 0.1) is 4.88 Å². The van der Waals surface area contributed by atoms with Crippen molar-refractivity contribution in [2.75, 3.05) is 60.0 Å². The zero-order chi connectivity index (χ0) is 19.0. The number of amides is 1. The van der Waals surface area contributed by atoms with Crippen LogP contribution in [0.4, 0.5) is 0 Å². The van der Waals surface area contributed by atoms with Crippen LogP contribution in [0.2, 0.25) is 0 Å². The number of guanidine groups is 1. The molecule has 1 aromatic rings. The minimum absolute atomic E-state index is 0.00878. The smallest absolute Gasteiger partial charge is 0.261 e. The maximum Gasteiger partial charge on any atom is 0.261 e. The average Bonchev–Trinajstić information content (AvgIpc) is 3.16. The molecule has 7 nitrogen and oxygen atoms in total. The normalized spacial score (nSPS) is 11.6. The standard InChI is InChI=1S/C18H33N5O2S/c1-4-19-18(22-11-13-23(2)12-7-14-25-3)21-10-6-9-20-17(24)16-8-5-15-26-16/h5,8,15H,4,6-7,9-14H2,1-3H3,(H,20,24)(H2,19,21,22). The first kappa shape index (κ1) is 22.4. The van der Waals surface area contributed by atoms with E-state index in [4.69, 9.17) is 4.74 Å². The third kappa shape index (κ3) is 10.4. The lowest BCUT2D eigenvalue weighted by Gasteiger charge is -2.18. The number of carbonyl (C=O) groups excluding carboxylic acids is 1. The Labute approximate surface area is 161 Å². The Bertz CT molecular complexity index is 508. The monoisotopic (exact) mass is 383 g/mol. The summed E-state index contributed by atoms with van der Waals surface area (Å²) in [5, 5.41) is 11.4. The van der Waals surface area contributed by atoms with Crippen LogP contribution in [-0.4, -0.2) is 76.8 Å². The minimum Gasteiger partial charge on any atom is -0.385 e. The van der Waals surface area contributed by atoms with Crippen molar-refractivity contribution in [1.29, 1.82) is 0 Å². The number of nitrogens with one attached hydrogen (secondary N) is 3. The van der Waals surface area contributed by atoms with E-state index in [2.05, 4.69) is 39.8 Å². The second-order valence-electron chi connectivity index (χ2n) is 5.92. The van der Waals surface area contributed by atoms with Crippen molar-refractivity contribution in [3.63, 3.8) is 0 Å². The van der Waals surface area contributed by atoms with Crippen LogP contribution in [0.25, 0.3) is 0 Å². The van der Waals surface area contributed by atoms with Crippen LogP contribution < -0.4 is 16.0 Å². The number of carbonyl (C=O) groups is 1. The van der Waals surface area contributed by atoms with Gasteiger partial charge >= 0.3 is 0 Å². The summed E-state index contributed by atoms with van der Waals surface area (Å²) in [4.78, 5) is 19.4. The van der Waals surface area contributed by atoms with E-state index in [0.717, 1.165) is 56.5 Å². The Morgan fingerprint density at radius 3 is 2.77 bits per heavy atom. The van der Waals surface area contributed by atoms with Gasteiger partial charge in [-0.1, -0.05) is 6.07 Å². The SMILES string of the molecule is CCNC(=NCCCNC(=O)c1cccs1)NCCN(C)CCCOC. The van der Waals surface area contributed by atoms with Crippen LogP contribution in [-0.2, 0) is 4.74 Å². The molecule has 1 heterocycles. The van der Waals surface area contributed by atoms with Gasteiger partial charge in [-0.3, -0.25) is 9.79 Å². The molecule has 0 radical (unpaired) electrons. The first-order valence-corrected chi connectivity index (χ1v) is 10.1. The lowest BCUT2D eigenvalue weighted by atomic mass is 10.4. The zero-order valence-electron chi connectivity index (χ0n) is 16.2. The Balaban J connectivity index is 2.18. The number of aliphatic imine (C=N–C) groups is 1. The van der Waals surface area contributed by atoms with Gasteiger partial charge in [0.2, 0.25) is 0 Å². The average molecular weight is 384 g/mol. The Morgan fingerprint density at radius 2 is 2.08 bits per heavy atom. The van der Waals surface area contributed by atoms with Gasteiger partial charge in [0.1, 0.15) is 0 Å². The molecule has 1 amide bonds. The van der Waals surface area contributed by atoms with E-state index < -0.39 is 0 Å². The quantitative estimate of drug-likeness (QED) is 0.273. The third-order valence-corrected chi connectivity index (χ3v) is 4.52. The number of hydrogen-bond acceptors (Lipinski definition) is 5. The second-order valence-corrected chi connectivity index (χ2v) is 6.87. The highest BCUT2D eigenvalue weighted by atomic mass is 32.1. The van der Waals surface area contributed by atoms with E-state index in [9.17, 15) is 4.79 Å². The molecule has 0 aliphatic carbocycles. The van der Waals surface area contributed by atoms with Gasteiger partial charge in [0.15, 0.2) is 5.96 Å². The molecular formula is C18H33N5O2S. The zero-order valence-corrected chi connectivity index (χ0v) is 17.0. The molecule has 0 saturated carbocycles. The van der Waals surface area contributed by atoms with Crippen LogP contribution in [0.3, 0.4) is 0 Å². The molecule has 0 fully saturated rings. The van der Waals surface area contributed by atoms with Crippen LogP contribution in [0.1, 0.15) is 29.4 Å². The topological polar surface area (TPSA) is 78.0 Å². The molecule has 1 rings (SSSR count). The molecule has 0 spiro atoms. The molecule has 0 bridgehead atoms. The molecular weight excluding hydrogens is 350 g/mol. The number of ether oxygens (including phenoxy) is 1. The molecule has 1 aromatic heterocycles. The number of thiophene rings is 1. The van der Waals surface area contributed by atoms with Gasteiger partial charge in [-0.15, -0.1) is 11.3 Å². The molecule has 148 valence electrons. The van der Waals surface area contributed by atoms with E-state index in [0.29, 0.717) is 13.1 Å². The van der Waals surface area contributed by atoms with Crippen molar-refractivity contribution in [1.82, 2.24) is 20.9 Å². The number of hydrogen-bond donors (Lipinski definition) is 3. The molecule has 0 saturated heterocycles. The Morgan fingerprint density at radius 1 is 1.23 bits per heavy atom. The number of rotatable bonds is 13. The molecule has 3 N–H and O–H groups in total. The molecule has 0 atom stereocenters. The Kier molecular flexibility index (Phi) is 12.5. The van der Waals surface area contributed by atoms with Crippen LogP contribution in [0.15, 0.2) is 22.5 Å². The fourth-order valence-electron chi connectivity index (χ4n) is 2.26. The highest BCUT2D eigenvalue weighted by molar-refractivity contribution is 7.12. The summed E-state index contributed by atoms with van der Waals surface area (Å²) < 4.78 is 5.07. The van der Waals surface area contributed by atoms with Crippen molar-refractivity contribution in [2.45, 2.75) is 19.8 Å². The lowest BCUT2D eigenvalue weighted by molar-refractivity contribution is 0.0957. The van der Waals surface area contributed by atoms with Gasteiger partial charge in [-0.25, -0.2) is 0 Å². The summed E-state index contributed by atoms with van der Waals surface area (Å²) in [6.07, 6.45) is 1.85. The molecule has 0 aliphatic rings. The highest BCUT2D eigenvalue weighted by Crippen LogP contribution is 2.07. The Hall–Kier alpha value is -1.64. The molecule has 26 heavy (non-hydrogen) atoms. The lowest BCUT2D eigenvalue weighted by Crippen LogP contribution is -2.41. The van der Waals surface area contributed by atoms with E-state index in [-0.39, 0.29) is 5.91 Å². The van der Waals surface area contributed by atoms with Gasteiger partial charge in [-0.2, -0.15) is 0 Å². The van der Waals surface area contributed by atoms with E-state index in [1.54, 1.807) is 7.11 Å². The summed E-state index contributed by atoms with van der Waals surface area (Å²) in [6.45, 7) is 7.78. The summed E-state index contributed by atoms with van der Waals surface area (Å²) in [5.74, 6) is 0.813. The fourth-order valence-corrected chi connectivity index (χ4v) is 2.90. The first-order valence-electron chi connectivity index (χ1n) is 9.18. The van der Waals surface area contributed by atoms with Gasteiger partial charge in [-0.05, 0) is 38.3 Å². The summed E-state index contributed by atoms with van der Waals surface area (Å²) in [6, 6.07) is 3.71. The fraction of sp³-hybridized carbons (Fsp3) is 0.667. The van der Waals surface area contributed by atoms with E-state index >= 15 is 0 Å². The van der Waals surface area contributed by atoms with Crippen LogP contribution in [0, 0.1) is 0 Å². The third-order valence-electron chi connectivity index (χ3n) is 3.65. The molecule has 0 aromatic carbocycles. The van der Waals surface area contributed by atoms with E-state index in [1.807, 2.05) is 17.5 Å². The summed E-state index contributed by atoms with van der Waals surface area (Å²) >= 11 is 1.45. The van der Waals surface area contributed by atoms with Gasteiger partial charge in [0, 0.05) is 53.0 Å². The molecule has 8 heteroatoms. The van der Waals surface area contributed by atoms with Crippen molar-refractivity contribution in [3.8, 4) is 0 Å². The molecule has 0 unspecified atom stereocenters. The van der Waals surface area contributed by atoms with Crippen LogP contribution >= 0.6 is 11.3 Å². The van der Waals surface area contributed by atoms with Crippen LogP contribution in [0.5, 0.6) is 0 Å². The minimum atomic E-state index is -0.00878. The second kappa shape index (κ2) is 14.5. The predicted octanol–water partition coefficient (Wildman–Crippen LogP) is 1.39. The summed E-state index contributed by atoms with van der Waals surface area (Å²) in [7, 11) is 3.84. The first-order chi connectivity index (χ1) is 12.7.